The highest BCUT2D eigenvalue weighted by atomic mass is 35.5. The summed E-state index contributed by atoms with van der Waals surface area (Å²) >= 11 is 6.09. The van der Waals surface area contributed by atoms with Crippen LogP contribution in [0.5, 0.6) is 0 Å². The van der Waals surface area contributed by atoms with Gasteiger partial charge in [-0.15, -0.1) is 0 Å². The lowest BCUT2D eigenvalue weighted by Crippen LogP contribution is -2.49. The maximum atomic E-state index is 13.6. The van der Waals surface area contributed by atoms with Crippen molar-refractivity contribution in [3.63, 3.8) is 0 Å². The van der Waals surface area contributed by atoms with Gasteiger partial charge in [-0.2, -0.15) is 0 Å². The molecule has 1 aliphatic rings. The molecule has 2 nitrogen and oxygen atoms in total. The molecule has 1 heterocycles. The van der Waals surface area contributed by atoms with Crippen molar-refractivity contribution in [3.05, 3.63) is 34.6 Å². The van der Waals surface area contributed by atoms with E-state index in [-0.39, 0.29) is 16.4 Å². The number of halogens is 2. The maximum Gasteiger partial charge on any atom is 0.142 e. The van der Waals surface area contributed by atoms with Gasteiger partial charge in [0.1, 0.15) is 5.82 Å². The fraction of sp³-hybridized carbons (Fsp3) is 0.625. The van der Waals surface area contributed by atoms with Crippen molar-refractivity contribution >= 4 is 11.6 Å². The van der Waals surface area contributed by atoms with Crippen LogP contribution >= 0.6 is 11.6 Å². The number of rotatable bonds is 3. The second-order valence-electron chi connectivity index (χ2n) is 6.10. The summed E-state index contributed by atoms with van der Waals surface area (Å²) in [5, 5.41) is 3.89. The smallest absolute Gasteiger partial charge is 0.142 e. The minimum Gasteiger partial charge on any atom is -0.310 e. The van der Waals surface area contributed by atoms with Crippen molar-refractivity contribution in [2.75, 3.05) is 13.1 Å². The lowest BCUT2D eigenvalue weighted by atomic mass is 9.98. The summed E-state index contributed by atoms with van der Waals surface area (Å²) in [6.07, 6.45) is 2.18. The molecular formula is C16H24ClFN2. The molecule has 0 radical (unpaired) electrons. The van der Waals surface area contributed by atoms with E-state index in [1.165, 1.54) is 6.07 Å². The van der Waals surface area contributed by atoms with E-state index < -0.39 is 0 Å². The molecule has 112 valence electrons. The Morgan fingerprint density at radius 1 is 1.50 bits per heavy atom. The first-order valence-electron chi connectivity index (χ1n) is 7.37. The van der Waals surface area contributed by atoms with Gasteiger partial charge in [-0.1, -0.05) is 30.7 Å². The molecule has 0 aromatic heterocycles. The van der Waals surface area contributed by atoms with Crippen molar-refractivity contribution in [1.29, 1.82) is 0 Å². The number of nitrogens with one attached hydrogen (secondary N) is 1. The van der Waals surface area contributed by atoms with Crippen molar-refractivity contribution in [2.45, 2.75) is 51.7 Å². The Bertz CT molecular complexity index is 466. The third-order valence-electron chi connectivity index (χ3n) is 4.47. The van der Waals surface area contributed by atoms with E-state index in [1.54, 1.807) is 6.07 Å². The van der Waals surface area contributed by atoms with Gasteiger partial charge < -0.3 is 5.32 Å². The van der Waals surface area contributed by atoms with Crippen molar-refractivity contribution in [1.82, 2.24) is 10.2 Å². The molecule has 4 heteroatoms. The van der Waals surface area contributed by atoms with Crippen molar-refractivity contribution < 1.29 is 4.39 Å². The first-order valence-corrected chi connectivity index (χ1v) is 7.75. The molecule has 20 heavy (non-hydrogen) atoms. The van der Waals surface area contributed by atoms with Gasteiger partial charge in [0.15, 0.2) is 0 Å². The predicted molar refractivity (Wildman–Crippen MR) is 82.6 cm³/mol. The van der Waals surface area contributed by atoms with Crippen LogP contribution in [0.2, 0.25) is 5.02 Å². The van der Waals surface area contributed by atoms with Crippen LogP contribution in [0.4, 0.5) is 4.39 Å². The molecule has 1 aliphatic heterocycles. The molecule has 2 atom stereocenters. The van der Waals surface area contributed by atoms with Crippen LogP contribution in [0, 0.1) is 5.82 Å². The average molecular weight is 299 g/mol. The maximum absolute atomic E-state index is 13.6. The minimum atomic E-state index is -0.331. The zero-order valence-corrected chi connectivity index (χ0v) is 13.3. The molecule has 1 fully saturated rings. The molecule has 0 bridgehead atoms. The van der Waals surface area contributed by atoms with E-state index in [0.29, 0.717) is 12.6 Å². The van der Waals surface area contributed by atoms with E-state index in [1.807, 2.05) is 6.07 Å². The quantitative estimate of drug-likeness (QED) is 0.912. The van der Waals surface area contributed by atoms with Crippen molar-refractivity contribution in [2.24, 2.45) is 0 Å². The van der Waals surface area contributed by atoms with Crippen LogP contribution < -0.4 is 5.32 Å². The Labute approximate surface area is 126 Å². The summed E-state index contributed by atoms with van der Waals surface area (Å²) in [7, 11) is 0. The Morgan fingerprint density at radius 2 is 2.25 bits per heavy atom. The summed E-state index contributed by atoms with van der Waals surface area (Å²) in [5.74, 6) is -0.331. The number of hydrogen-bond acceptors (Lipinski definition) is 2. The van der Waals surface area contributed by atoms with Gasteiger partial charge in [0.25, 0.3) is 0 Å². The number of benzene rings is 1. The SMILES string of the molecule is CCC1(C)CN(Cc2cccc(F)c2Cl)C(C)CCN1. The van der Waals surface area contributed by atoms with Gasteiger partial charge in [-0.25, -0.2) is 4.39 Å². The molecule has 0 saturated carbocycles. The molecule has 1 N–H and O–H groups in total. The molecule has 1 aromatic rings. The Balaban J connectivity index is 2.18. The predicted octanol–water partition coefficient (Wildman–Crippen LogP) is 3.83. The normalized spacial score (nSPS) is 28.4. The van der Waals surface area contributed by atoms with Gasteiger partial charge >= 0.3 is 0 Å². The Morgan fingerprint density at radius 3 is 2.95 bits per heavy atom. The highest BCUT2D eigenvalue weighted by Crippen LogP contribution is 2.25. The molecule has 1 saturated heterocycles. The van der Waals surface area contributed by atoms with E-state index >= 15 is 0 Å². The molecule has 0 amide bonds. The van der Waals surface area contributed by atoms with Gasteiger partial charge in [-0.05, 0) is 44.9 Å². The molecule has 0 aliphatic carbocycles. The fourth-order valence-electron chi connectivity index (χ4n) is 2.76. The van der Waals surface area contributed by atoms with Crippen LogP contribution in [-0.2, 0) is 6.54 Å². The van der Waals surface area contributed by atoms with Crippen LogP contribution in [0.3, 0.4) is 0 Å². The largest absolute Gasteiger partial charge is 0.310 e. The summed E-state index contributed by atoms with van der Waals surface area (Å²) in [5.41, 5.74) is 0.990. The molecule has 2 unspecified atom stereocenters. The lowest BCUT2D eigenvalue weighted by molar-refractivity contribution is 0.163. The van der Waals surface area contributed by atoms with Crippen molar-refractivity contribution in [3.8, 4) is 0 Å². The highest BCUT2D eigenvalue weighted by Gasteiger charge is 2.30. The molecule has 0 spiro atoms. The number of nitrogens with zero attached hydrogens (tertiary/aromatic N) is 1. The van der Waals surface area contributed by atoms with Gasteiger partial charge in [0, 0.05) is 24.7 Å². The van der Waals surface area contributed by atoms with E-state index in [0.717, 1.165) is 31.5 Å². The molecule has 1 aromatic carbocycles. The summed E-state index contributed by atoms with van der Waals surface area (Å²) in [6.45, 7) is 9.38. The van der Waals surface area contributed by atoms with E-state index in [4.69, 9.17) is 11.6 Å². The fourth-order valence-corrected chi connectivity index (χ4v) is 2.95. The Hall–Kier alpha value is -0.640. The van der Waals surface area contributed by atoms with E-state index in [9.17, 15) is 4.39 Å². The first kappa shape index (κ1) is 15.7. The monoisotopic (exact) mass is 298 g/mol. The standard InChI is InChI=1S/C16H24ClFN2/c1-4-16(3)11-20(12(2)8-9-19-16)10-13-6-5-7-14(18)15(13)17/h5-7,12,19H,4,8-11H2,1-3H3. The summed E-state index contributed by atoms with van der Waals surface area (Å²) in [4.78, 5) is 2.41. The third-order valence-corrected chi connectivity index (χ3v) is 4.90. The molecular weight excluding hydrogens is 275 g/mol. The summed E-state index contributed by atoms with van der Waals surface area (Å²) in [6, 6.07) is 5.53. The zero-order valence-electron chi connectivity index (χ0n) is 12.5. The second kappa shape index (κ2) is 6.42. The van der Waals surface area contributed by atoms with Gasteiger partial charge in [0.05, 0.1) is 5.02 Å². The van der Waals surface area contributed by atoms with Crippen LogP contribution in [-0.4, -0.2) is 29.6 Å². The third kappa shape index (κ3) is 3.51. The topological polar surface area (TPSA) is 15.3 Å². The van der Waals surface area contributed by atoms with E-state index in [2.05, 4.69) is 31.0 Å². The minimum absolute atomic E-state index is 0.116. The number of hydrogen-bond donors (Lipinski definition) is 1. The van der Waals surface area contributed by atoms with Crippen LogP contribution in [0.1, 0.15) is 39.2 Å². The lowest BCUT2D eigenvalue weighted by Gasteiger charge is -2.35. The first-order chi connectivity index (χ1) is 9.45. The van der Waals surface area contributed by atoms with Gasteiger partial charge in [0.2, 0.25) is 0 Å². The molecule has 2 rings (SSSR count). The Kier molecular flexibility index (Phi) is 5.05. The highest BCUT2D eigenvalue weighted by molar-refractivity contribution is 6.31. The zero-order chi connectivity index (χ0) is 14.8. The van der Waals surface area contributed by atoms with Crippen LogP contribution in [0.15, 0.2) is 18.2 Å². The van der Waals surface area contributed by atoms with Crippen LogP contribution in [0.25, 0.3) is 0 Å². The van der Waals surface area contributed by atoms with Gasteiger partial charge in [-0.3, -0.25) is 4.90 Å². The second-order valence-corrected chi connectivity index (χ2v) is 6.47. The average Bonchev–Trinajstić information content (AvgIpc) is 2.56. The summed E-state index contributed by atoms with van der Waals surface area (Å²) < 4.78 is 13.6.